The second-order valence-electron chi connectivity index (χ2n) is 7.51. The quantitative estimate of drug-likeness (QED) is 0.789. The van der Waals surface area contributed by atoms with Gasteiger partial charge in [0.25, 0.3) is 0 Å². The van der Waals surface area contributed by atoms with Crippen molar-refractivity contribution in [3.8, 4) is 0 Å². The first-order valence-corrected chi connectivity index (χ1v) is 10.9. The fraction of sp³-hybridized carbons (Fsp3) is 0.381. The molecule has 2 heterocycles. The Morgan fingerprint density at radius 1 is 0.964 bits per heavy atom. The van der Waals surface area contributed by atoms with Gasteiger partial charge in [0.1, 0.15) is 6.61 Å². The van der Waals surface area contributed by atoms with Crippen molar-refractivity contribution in [2.24, 2.45) is 0 Å². The lowest BCUT2D eigenvalue weighted by molar-refractivity contribution is 0.135. The fourth-order valence-electron chi connectivity index (χ4n) is 3.92. The number of carbonyl (C=O) groups is 1. The van der Waals surface area contributed by atoms with E-state index in [0.29, 0.717) is 30.8 Å². The number of benzene rings is 2. The van der Waals surface area contributed by atoms with Gasteiger partial charge in [0, 0.05) is 24.7 Å². The van der Waals surface area contributed by atoms with E-state index in [9.17, 15) is 13.2 Å². The summed E-state index contributed by atoms with van der Waals surface area (Å²) in [6, 6.07) is 12.8. The van der Waals surface area contributed by atoms with Gasteiger partial charge in [0.2, 0.25) is 10.0 Å². The number of nitrogens with zero attached hydrogens (tertiary/aromatic N) is 2. The third-order valence-electron chi connectivity index (χ3n) is 5.49. The smallest absolute Gasteiger partial charge is 0.414 e. The van der Waals surface area contributed by atoms with E-state index in [1.807, 2.05) is 44.2 Å². The molecule has 0 spiro atoms. The number of cyclic esters (lactones) is 1. The molecule has 2 aromatic rings. The van der Waals surface area contributed by atoms with Crippen LogP contribution in [0.1, 0.15) is 29.5 Å². The van der Waals surface area contributed by atoms with Gasteiger partial charge in [-0.25, -0.2) is 13.2 Å². The summed E-state index contributed by atoms with van der Waals surface area (Å²) in [5.41, 5.74) is 4.02. The summed E-state index contributed by atoms with van der Waals surface area (Å²) in [4.78, 5) is 14.5. The highest BCUT2D eigenvalue weighted by atomic mass is 32.2. The Hall–Kier alpha value is -2.38. The summed E-state index contributed by atoms with van der Waals surface area (Å²) in [7, 11) is -3.51. The van der Waals surface area contributed by atoms with E-state index in [1.165, 1.54) is 4.31 Å². The highest BCUT2D eigenvalue weighted by Gasteiger charge is 2.37. The highest BCUT2D eigenvalue weighted by molar-refractivity contribution is 7.89. The average Bonchev–Trinajstić information content (AvgIpc) is 2.68. The van der Waals surface area contributed by atoms with E-state index in [1.54, 1.807) is 17.0 Å². The molecule has 2 aliphatic heterocycles. The molecule has 6 nitrogen and oxygen atoms in total. The third-order valence-corrected chi connectivity index (χ3v) is 7.40. The molecule has 4 rings (SSSR count). The molecule has 0 radical (unpaired) electrons. The maximum Gasteiger partial charge on any atom is 0.414 e. The Morgan fingerprint density at radius 3 is 2.29 bits per heavy atom. The minimum absolute atomic E-state index is 0.0706. The largest absolute Gasteiger partial charge is 0.444 e. The fourth-order valence-corrected chi connectivity index (χ4v) is 5.39. The number of aryl methyl sites for hydroxylation is 2. The molecule has 28 heavy (non-hydrogen) atoms. The number of piperidine rings is 1. The third kappa shape index (κ3) is 3.40. The van der Waals surface area contributed by atoms with Crippen molar-refractivity contribution < 1.29 is 17.9 Å². The summed E-state index contributed by atoms with van der Waals surface area (Å²) >= 11 is 0. The molecule has 7 heteroatoms. The number of ether oxygens (including phenoxy) is 1. The zero-order chi connectivity index (χ0) is 19.9. The van der Waals surface area contributed by atoms with Crippen LogP contribution in [0, 0.1) is 13.8 Å². The molecular formula is C21H24N2O4S. The summed E-state index contributed by atoms with van der Waals surface area (Å²) in [6.07, 6.45) is 0.803. The Morgan fingerprint density at radius 2 is 1.61 bits per heavy atom. The molecule has 0 N–H and O–H groups in total. The average molecular weight is 401 g/mol. The van der Waals surface area contributed by atoms with Crippen LogP contribution in [-0.4, -0.2) is 37.9 Å². The number of rotatable bonds is 3. The predicted molar refractivity (Wildman–Crippen MR) is 107 cm³/mol. The zero-order valence-electron chi connectivity index (χ0n) is 16.1. The lowest BCUT2D eigenvalue weighted by Crippen LogP contribution is -2.50. The maximum absolute atomic E-state index is 12.9. The van der Waals surface area contributed by atoms with Gasteiger partial charge in [0.15, 0.2) is 0 Å². The number of fused-ring (bicyclic) bond motifs is 1. The first-order valence-electron chi connectivity index (χ1n) is 9.48. The van der Waals surface area contributed by atoms with Gasteiger partial charge in [0.05, 0.1) is 10.6 Å². The highest BCUT2D eigenvalue weighted by Crippen LogP contribution is 2.33. The summed E-state index contributed by atoms with van der Waals surface area (Å²) in [6.45, 7) is 4.99. The molecule has 1 saturated heterocycles. The number of hydrogen-bond acceptors (Lipinski definition) is 4. The van der Waals surface area contributed by atoms with Crippen LogP contribution in [0.15, 0.2) is 47.4 Å². The first-order chi connectivity index (χ1) is 13.4. The minimum Gasteiger partial charge on any atom is -0.444 e. The molecule has 0 aromatic heterocycles. The monoisotopic (exact) mass is 400 g/mol. The van der Waals surface area contributed by atoms with Crippen LogP contribution in [-0.2, 0) is 21.4 Å². The Labute approximate surface area is 165 Å². The van der Waals surface area contributed by atoms with E-state index in [2.05, 4.69) is 0 Å². The van der Waals surface area contributed by atoms with Crippen molar-refractivity contribution in [3.63, 3.8) is 0 Å². The molecule has 0 saturated carbocycles. The molecular weight excluding hydrogens is 376 g/mol. The van der Waals surface area contributed by atoms with Crippen molar-refractivity contribution in [1.29, 1.82) is 0 Å². The van der Waals surface area contributed by atoms with E-state index >= 15 is 0 Å². The van der Waals surface area contributed by atoms with E-state index in [0.717, 1.165) is 22.4 Å². The number of carbonyl (C=O) groups excluding carboxylic acids is 1. The summed E-state index contributed by atoms with van der Waals surface area (Å²) in [5.74, 6) is 0. The zero-order valence-corrected chi connectivity index (χ0v) is 16.9. The van der Waals surface area contributed by atoms with Crippen LogP contribution in [0.25, 0.3) is 0 Å². The molecule has 2 aliphatic rings. The lowest BCUT2D eigenvalue weighted by atomic mass is 10.0. The van der Waals surface area contributed by atoms with Crippen LogP contribution < -0.4 is 4.90 Å². The second-order valence-corrected chi connectivity index (χ2v) is 9.44. The van der Waals surface area contributed by atoms with E-state index < -0.39 is 10.0 Å². The van der Waals surface area contributed by atoms with Gasteiger partial charge >= 0.3 is 6.09 Å². The molecule has 0 aliphatic carbocycles. The van der Waals surface area contributed by atoms with Crippen molar-refractivity contribution in [3.05, 3.63) is 59.2 Å². The molecule has 0 atom stereocenters. The molecule has 2 aromatic carbocycles. The molecule has 0 unspecified atom stereocenters. The van der Waals surface area contributed by atoms with Crippen molar-refractivity contribution in [1.82, 2.24) is 4.31 Å². The SMILES string of the molecule is Cc1ccc(S(=O)(=O)N2CCC(N3C(=O)OCc4cc(C)ccc43)CC2)cc1. The minimum atomic E-state index is -3.51. The molecule has 0 bridgehead atoms. The van der Waals surface area contributed by atoms with Gasteiger partial charge in [-0.3, -0.25) is 4.90 Å². The van der Waals surface area contributed by atoms with Gasteiger partial charge in [-0.1, -0.05) is 35.4 Å². The van der Waals surface area contributed by atoms with Crippen LogP contribution in [0.4, 0.5) is 10.5 Å². The summed E-state index contributed by atoms with van der Waals surface area (Å²) < 4.78 is 32.7. The number of sulfonamides is 1. The second kappa shape index (κ2) is 7.22. The number of amides is 1. The van der Waals surface area contributed by atoms with E-state index in [-0.39, 0.29) is 18.7 Å². The van der Waals surface area contributed by atoms with Gasteiger partial charge in [-0.15, -0.1) is 0 Å². The van der Waals surface area contributed by atoms with Crippen LogP contribution in [0.5, 0.6) is 0 Å². The van der Waals surface area contributed by atoms with Crippen LogP contribution in [0.3, 0.4) is 0 Å². The van der Waals surface area contributed by atoms with Crippen molar-refractivity contribution in [2.75, 3.05) is 18.0 Å². The molecule has 1 amide bonds. The molecule has 1 fully saturated rings. The summed E-state index contributed by atoms with van der Waals surface area (Å²) in [5, 5.41) is 0. The van der Waals surface area contributed by atoms with Crippen LogP contribution >= 0.6 is 0 Å². The first kappa shape index (κ1) is 19.0. The number of anilines is 1. The van der Waals surface area contributed by atoms with Crippen molar-refractivity contribution >= 4 is 21.8 Å². The lowest BCUT2D eigenvalue weighted by Gasteiger charge is -2.39. The normalized spacial score (nSPS) is 18.6. The van der Waals surface area contributed by atoms with Gasteiger partial charge in [-0.05, 0) is 44.9 Å². The topological polar surface area (TPSA) is 66.9 Å². The van der Waals surface area contributed by atoms with E-state index in [4.69, 9.17) is 4.74 Å². The Balaban J connectivity index is 1.52. The van der Waals surface area contributed by atoms with Gasteiger partial charge < -0.3 is 4.74 Å². The Kier molecular flexibility index (Phi) is 4.89. The Bertz CT molecular complexity index is 994. The molecule has 148 valence electrons. The van der Waals surface area contributed by atoms with Gasteiger partial charge in [-0.2, -0.15) is 4.31 Å². The van der Waals surface area contributed by atoms with Crippen molar-refractivity contribution in [2.45, 2.75) is 44.2 Å². The van der Waals surface area contributed by atoms with Crippen LogP contribution in [0.2, 0.25) is 0 Å². The predicted octanol–water partition coefficient (Wildman–Crippen LogP) is 3.61. The standard InChI is InChI=1S/C21H24N2O4S/c1-15-3-6-19(7-4-15)28(25,26)22-11-9-18(10-12-22)23-20-8-5-16(2)13-17(20)14-27-21(23)24/h3-8,13,18H,9-12,14H2,1-2H3. The number of hydrogen-bond donors (Lipinski definition) is 0. The maximum atomic E-state index is 12.9.